The van der Waals surface area contributed by atoms with Crippen molar-refractivity contribution in [3.63, 3.8) is 0 Å². The van der Waals surface area contributed by atoms with Gasteiger partial charge in [0.1, 0.15) is 12.4 Å². The number of carbonyl (C=O) groups is 2. The van der Waals surface area contributed by atoms with Gasteiger partial charge in [-0.15, -0.1) is 0 Å². The number of hydrogen-bond donors (Lipinski definition) is 1. The fourth-order valence-electron chi connectivity index (χ4n) is 1.92. The number of esters is 1. The van der Waals surface area contributed by atoms with Crippen LogP contribution < -0.4 is 10.1 Å². The zero-order valence-corrected chi connectivity index (χ0v) is 17.1. The maximum atomic E-state index is 12.0. The van der Waals surface area contributed by atoms with Crippen LogP contribution in [0.25, 0.3) is 0 Å². The topological polar surface area (TPSA) is 73.9 Å². The van der Waals surface area contributed by atoms with E-state index in [4.69, 9.17) is 14.2 Å². The Morgan fingerprint density at radius 3 is 2.42 bits per heavy atom. The summed E-state index contributed by atoms with van der Waals surface area (Å²) >= 11 is 6.72. The van der Waals surface area contributed by atoms with Gasteiger partial charge in [-0.25, -0.2) is 4.79 Å². The Morgan fingerprint density at radius 2 is 1.77 bits per heavy atom. The average Bonchev–Trinajstić information content (AvgIpc) is 2.61. The van der Waals surface area contributed by atoms with Crippen LogP contribution in [0.4, 0.5) is 5.69 Å². The van der Waals surface area contributed by atoms with Crippen molar-refractivity contribution in [3.05, 3.63) is 57.0 Å². The lowest BCUT2D eigenvalue weighted by atomic mass is 10.2. The lowest BCUT2D eigenvalue weighted by molar-refractivity contribution is -0.118. The zero-order chi connectivity index (χ0) is 18.9. The van der Waals surface area contributed by atoms with E-state index in [0.29, 0.717) is 23.6 Å². The van der Waals surface area contributed by atoms with Crippen LogP contribution in [0.3, 0.4) is 0 Å². The predicted octanol–water partition coefficient (Wildman–Crippen LogP) is 4.03. The van der Waals surface area contributed by atoms with E-state index < -0.39 is 5.97 Å². The Bertz CT molecular complexity index is 765. The molecule has 0 unspecified atom stereocenters. The van der Waals surface area contributed by atoms with Crippen LogP contribution in [0.2, 0.25) is 0 Å². The summed E-state index contributed by atoms with van der Waals surface area (Å²) in [7, 11) is 1.53. The lowest BCUT2D eigenvalue weighted by Gasteiger charge is -2.10. The summed E-state index contributed by atoms with van der Waals surface area (Å²) in [5, 5.41) is 2.70. The molecule has 0 saturated heterocycles. The van der Waals surface area contributed by atoms with E-state index in [1.165, 1.54) is 7.11 Å². The van der Waals surface area contributed by atoms with Crippen LogP contribution in [0.5, 0.6) is 5.75 Å². The van der Waals surface area contributed by atoms with E-state index >= 15 is 0 Å². The number of ether oxygens (including phenoxy) is 3. The molecule has 26 heavy (non-hydrogen) atoms. The molecule has 8 heteroatoms. The fourth-order valence-corrected chi connectivity index (χ4v) is 3.08. The Morgan fingerprint density at radius 1 is 1.04 bits per heavy atom. The molecule has 0 atom stereocenters. The first kappa shape index (κ1) is 20.4. The highest BCUT2D eigenvalue weighted by molar-refractivity contribution is 9.11. The fraction of sp³-hybridized carbons (Fsp3) is 0.222. The van der Waals surface area contributed by atoms with E-state index in [1.54, 1.807) is 30.3 Å². The van der Waals surface area contributed by atoms with Crippen LogP contribution in [-0.2, 0) is 14.3 Å². The molecule has 138 valence electrons. The summed E-state index contributed by atoms with van der Waals surface area (Å²) in [4.78, 5) is 23.8. The van der Waals surface area contributed by atoms with Crippen molar-refractivity contribution in [1.29, 1.82) is 0 Å². The molecule has 2 rings (SSSR count). The quantitative estimate of drug-likeness (QED) is 0.450. The van der Waals surface area contributed by atoms with Crippen LogP contribution in [-0.4, -0.2) is 38.8 Å². The van der Waals surface area contributed by atoms with E-state index in [0.717, 1.165) is 8.95 Å². The Labute approximate surface area is 168 Å². The standard InChI is InChI=1S/C18H17Br2NO5/c1-24-8-9-25-18(23)12-2-5-14(6-3-12)21-17(22)11-26-16-7-4-13(19)10-15(16)20/h2-7,10H,8-9,11H2,1H3,(H,21,22). The van der Waals surface area contributed by atoms with Gasteiger partial charge in [-0.2, -0.15) is 0 Å². The first-order chi connectivity index (χ1) is 12.5. The van der Waals surface area contributed by atoms with Crippen molar-refractivity contribution in [2.45, 2.75) is 0 Å². The number of rotatable bonds is 8. The molecular weight excluding hydrogens is 470 g/mol. The van der Waals surface area contributed by atoms with E-state index in [1.807, 2.05) is 12.1 Å². The number of carbonyl (C=O) groups excluding carboxylic acids is 2. The molecule has 0 heterocycles. The molecule has 0 aromatic heterocycles. The van der Waals surface area contributed by atoms with E-state index in [2.05, 4.69) is 37.2 Å². The number of methoxy groups -OCH3 is 1. The Hall–Kier alpha value is -1.90. The third-order valence-corrected chi connectivity index (χ3v) is 4.29. The second-order valence-electron chi connectivity index (χ2n) is 5.12. The second-order valence-corrected chi connectivity index (χ2v) is 6.89. The number of amides is 1. The predicted molar refractivity (Wildman–Crippen MR) is 105 cm³/mol. The van der Waals surface area contributed by atoms with Crippen molar-refractivity contribution in [2.75, 3.05) is 32.2 Å². The smallest absolute Gasteiger partial charge is 0.338 e. The first-order valence-corrected chi connectivity index (χ1v) is 9.22. The van der Waals surface area contributed by atoms with Gasteiger partial charge >= 0.3 is 5.97 Å². The third kappa shape index (κ3) is 6.44. The minimum absolute atomic E-state index is 0.138. The van der Waals surface area contributed by atoms with Gasteiger partial charge in [0.05, 0.1) is 16.6 Å². The van der Waals surface area contributed by atoms with Crippen molar-refractivity contribution >= 4 is 49.4 Å². The summed E-state index contributed by atoms with van der Waals surface area (Å²) in [6.45, 7) is 0.395. The zero-order valence-electron chi connectivity index (χ0n) is 14.0. The van der Waals surface area contributed by atoms with Gasteiger partial charge in [0.25, 0.3) is 5.91 Å². The summed E-state index contributed by atoms with van der Waals surface area (Å²) < 4.78 is 17.0. The number of hydrogen-bond acceptors (Lipinski definition) is 5. The highest BCUT2D eigenvalue weighted by Gasteiger charge is 2.09. The van der Waals surface area contributed by atoms with Gasteiger partial charge in [-0.05, 0) is 58.4 Å². The summed E-state index contributed by atoms with van der Waals surface area (Å²) in [5.74, 6) is -0.184. The number of benzene rings is 2. The molecule has 6 nitrogen and oxygen atoms in total. The van der Waals surface area contributed by atoms with Gasteiger partial charge in [-0.1, -0.05) is 15.9 Å². The second kappa shape index (κ2) is 10.3. The summed E-state index contributed by atoms with van der Waals surface area (Å²) in [6.07, 6.45) is 0. The van der Waals surface area contributed by atoms with Crippen LogP contribution in [0.15, 0.2) is 51.4 Å². The van der Waals surface area contributed by atoms with Gasteiger partial charge in [-0.3, -0.25) is 4.79 Å². The van der Waals surface area contributed by atoms with Crippen molar-refractivity contribution < 1.29 is 23.8 Å². The van der Waals surface area contributed by atoms with Gasteiger partial charge in [0.15, 0.2) is 6.61 Å². The van der Waals surface area contributed by atoms with Crippen molar-refractivity contribution in [1.82, 2.24) is 0 Å². The highest BCUT2D eigenvalue weighted by Crippen LogP contribution is 2.28. The number of anilines is 1. The molecule has 0 spiro atoms. The van der Waals surface area contributed by atoms with E-state index in [9.17, 15) is 9.59 Å². The minimum Gasteiger partial charge on any atom is -0.483 e. The van der Waals surface area contributed by atoms with Crippen molar-refractivity contribution in [3.8, 4) is 5.75 Å². The third-order valence-electron chi connectivity index (χ3n) is 3.18. The highest BCUT2D eigenvalue weighted by atomic mass is 79.9. The van der Waals surface area contributed by atoms with Crippen LogP contribution in [0.1, 0.15) is 10.4 Å². The average molecular weight is 487 g/mol. The molecule has 0 fully saturated rings. The van der Waals surface area contributed by atoms with Gasteiger partial charge in [0, 0.05) is 17.3 Å². The molecule has 0 bridgehead atoms. The molecule has 0 aliphatic rings. The summed E-state index contributed by atoms with van der Waals surface area (Å²) in [5.41, 5.74) is 0.955. The SMILES string of the molecule is COCCOC(=O)c1ccc(NC(=O)COc2ccc(Br)cc2Br)cc1. The Balaban J connectivity index is 1.84. The van der Waals surface area contributed by atoms with Crippen LogP contribution in [0, 0.1) is 0 Å². The molecule has 0 aliphatic heterocycles. The summed E-state index contributed by atoms with van der Waals surface area (Å²) in [6, 6.07) is 11.8. The maximum absolute atomic E-state index is 12.0. The molecule has 2 aromatic rings. The van der Waals surface area contributed by atoms with Gasteiger partial charge < -0.3 is 19.5 Å². The van der Waals surface area contributed by atoms with Crippen molar-refractivity contribution in [2.24, 2.45) is 0 Å². The normalized spacial score (nSPS) is 10.3. The van der Waals surface area contributed by atoms with Gasteiger partial charge in [0.2, 0.25) is 0 Å². The molecule has 1 N–H and O–H groups in total. The number of nitrogens with one attached hydrogen (secondary N) is 1. The van der Waals surface area contributed by atoms with Crippen LogP contribution >= 0.6 is 31.9 Å². The minimum atomic E-state index is -0.441. The molecule has 1 amide bonds. The molecule has 0 aliphatic carbocycles. The largest absolute Gasteiger partial charge is 0.483 e. The number of halogens is 2. The monoisotopic (exact) mass is 485 g/mol. The molecular formula is C18H17Br2NO5. The molecule has 0 saturated carbocycles. The molecule has 2 aromatic carbocycles. The molecule has 0 radical (unpaired) electrons. The lowest BCUT2D eigenvalue weighted by Crippen LogP contribution is -2.20. The Kier molecular flexibility index (Phi) is 8.08. The van der Waals surface area contributed by atoms with E-state index in [-0.39, 0.29) is 19.1 Å². The first-order valence-electron chi connectivity index (χ1n) is 7.63. The maximum Gasteiger partial charge on any atom is 0.338 e.